The molecule has 3 aromatic rings. The van der Waals surface area contributed by atoms with Crippen molar-refractivity contribution in [2.24, 2.45) is 0 Å². The number of hydrogen-bond acceptors (Lipinski definition) is 5. The molecule has 30 heavy (non-hydrogen) atoms. The number of amides is 2. The highest BCUT2D eigenvalue weighted by molar-refractivity contribution is 7.17. The molecule has 3 rings (SSSR count). The van der Waals surface area contributed by atoms with E-state index in [1.165, 1.54) is 11.3 Å². The minimum absolute atomic E-state index is 0.311. The van der Waals surface area contributed by atoms with Crippen LogP contribution in [0.25, 0.3) is 11.1 Å². The molecule has 0 saturated carbocycles. The minimum atomic E-state index is -0.456. The van der Waals surface area contributed by atoms with Crippen LogP contribution in [0.4, 0.5) is 15.5 Å². The van der Waals surface area contributed by atoms with Crippen molar-refractivity contribution in [2.45, 2.75) is 20.3 Å². The van der Waals surface area contributed by atoms with Crippen molar-refractivity contribution < 1.29 is 19.1 Å². The van der Waals surface area contributed by atoms with Crippen molar-refractivity contribution in [1.29, 1.82) is 0 Å². The molecule has 0 bridgehead atoms. The normalized spacial score (nSPS) is 10.4. The number of benzene rings is 2. The van der Waals surface area contributed by atoms with E-state index in [1.807, 2.05) is 56.3 Å². The molecule has 0 fully saturated rings. The number of thiophene rings is 1. The molecule has 0 aliphatic heterocycles. The van der Waals surface area contributed by atoms with E-state index < -0.39 is 12.0 Å². The van der Waals surface area contributed by atoms with Gasteiger partial charge in [0.1, 0.15) is 16.3 Å². The number of para-hydroxylation sites is 1. The number of carbonyl (C=O) groups excluding carboxylic acids is 2. The number of urea groups is 1. The van der Waals surface area contributed by atoms with Crippen LogP contribution in [-0.4, -0.2) is 25.7 Å². The summed E-state index contributed by atoms with van der Waals surface area (Å²) in [6.45, 7) is 4.16. The Hall–Kier alpha value is -3.32. The molecule has 0 saturated heterocycles. The standard InChI is InChI=1S/C23H24N2O4S/c1-4-14-29-22(26)20-19(16-10-12-18(28-3)13-11-16)15(2)30-21(20)25-23(27)24-17-8-6-5-7-9-17/h5-13H,4,14H2,1-3H3,(H2,24,25,27). The molecule has 7 heteroatoms. The Morgan fingerprint density at radius 1 is 1.00 bits per heavy atom. The molecule has 2 N–H and O–H groups in total. The Balaban J connectivity index is 1.95. The predicted molar refractivity (Wildman–Crippen MR) is 121 cm³/mol. The third-order valence-corrected chi connectivity index (χ3v) is 5.38. The zero-order valence-corrected chi connectivity index (χ0v) is 18.0. The molecule has 2 amide bonds. The van der Waals surface area contributed by atoms with Gasteiger partial charge in [-0.25, -0.2) is 9.59 Å². The number of carbonyl (C=O) groups is 2. The predicted octanol–water partition coefficient (Wildman–Crippen LogP) is 5.94. The lowest BCUT2D eigenvalue weighted by Gasteiger charge is -2.11. The molecular weight excluding hydrogens is 400 g/mol. The highest BCUT2D eigenvalue weighted by Gasteiger charge is 2.25. The minimum Gasteiger partial charge on any atom is -0.497 e. The van der Waals surface area contributed by atoms with Crippen LogP contribution in [0.1, 0.15) is 28.6 Å². The van der Waals surface area contributed by atoms with Crippen LogP contribution < -0.4 is 15.4 Å². The van der Waals surface area contributed by atoms with Gasteiger partial charge in [0.15, 0.2) is 0 Å². The van der Waals surface area contributed by atoms with E-state index in [4.69, 9.17) is 9.47 Å². The molecule has 0 spiro atoms. The summed E-state index contributed by atoms with van der Waals surface area (Å²) in [4.78, 5) is 26.3. The van der Waals surface area contributed by atoms with Crippen molar-refractivity contribution in [2.75, 3.05) is 24.4 Å². The molecule has 0 atom stereocenters. The lowest BCUT2D eigenvalue weighted by molar-refractivity contribution is 0.0507. The van der Waals surface area contributed by atoms with Crippen LogP contribution in [-0.2, 0) is 4.74 Å². The van der Waals surface area contributed by atoms with Crippen LogP contribution in [0.15, 0.2) is 54.6 Å². The van der Waals surface area contributed by atoms with Crippen LogP contribution in [0.3, 0.4) is 0 Å². The third kappa shape index (κ3) is 4.99. The van der Waals surface area contributed by atoms with E-state index in [0.717, 1.165) is 21.8 Å². The topological polar surface area (TPSA) is 76.7 Å². The number of esters is 1. The molecular formula is C23H24N2O4S. The maximum atomic E-state index is 12.9. The van der Waals surface area contributed by atoms with Crippen molar-refractivity contribution >= 4 is 34.0 Å². The Labute approximate surface area is 179 Å². The van der Waals surface area contributed by atoms with Gasteiger partial charge in [0.05, 0.1) is 13.7 Å². The second kappa shape index (κ2) is 9.93. The van der Waals surface area contributed by atoms with Crippen LogP contribution in [0, 0.1) is 6.92 Å². The third-order valence-electron chi connectivity index (χ3n) is 4.36. The quantitative estimate of drug-likeness (QED) is 0.460. The van der Waals surface area contributed by atoms with E-state index in [1.54, 1.807) is 19.2 Å². The second-order valence-electron chi connectivity index (χ2n) is 6.55. The zero-order chi connectivity index (χ0) is 21.5. The van der Waals surface area contributed by atoms with Crippen molar-refractivity contribution in [3.63, 3.8) is 0 Å². The summed E-state index contributed by atoms with van der Waals surface area (Å²) in [5.74, 6) is 0.268. The van der Waals surface area contributed by atoms with Gasteiger partial charge in [0.2, 0.25) is 0 Å². The van der Waals surface area contributed by atoms with Gasteiger partial charge in [-0.05, 0) is 43.2 Å². The first kappa shape index (κ1) is 21.4. The van der Waals surface area contributed by atoms with Crippen LogP contribution in [0.5, 0.6) is 5.75 Å². The summed E-state index contributed by atoms with van der Waals surface area (Å²) in [5.41, 5.74) is 2.62. The van der Waals surface area contributed by atoms with Crippen LogP contribution >= 0.6 is 11.3 Å². The highest BCUT2D eigenvalue weighted by Crippen LogP contribution is 2.41. The summed E-state index contributed by atoms with van der Waals surface area (Å²) < 4.78 is 10.6. The summed E-state index contributed by atoms with van der Waals surface area (Å²) in [6.07, 6.45) is 0.712. The molecule has 156 valence electrons. The molecule has 0 aliphatic carbocycles. The molecule has 2 aromatic carbocycles. The van der Waals surface area contributed by atoms with Gasteiger partial charge in [-0.3, -0.25) is 5.32 Å². The summed E-state index contributed by atoms with van der Waals surface area (Å²) in [5, 5.41) is 6.04. The number of anilines is 2. The summed E-state index contributed by atoms with van der Waals surface area (Å²) in [7, 11) is 1.60. The largest absolute Gasteiger partial charge is 0.497 e. The Bertz CT molecular complexity index is 1010. The molecule has 0 aliphatic rings. The van der Waals surface area contributed by atoms with E-state index >= 15 is 0 Å². The van der Waals surface area contributed by atoms with E-state index in [2.05, 4.69) is 10.6 Å². The van der Waals surface area contributed by atoms with Gasteiger partial charge in [-0.1, -0.05) is 37.3 Å². The number of methoxy groups -OCH3 is 1. The lowest BCUT2D eigenvalue weighted by Crippen LogP contribution is -2.20. The highest BCUT2D eigenvalue weighted by atomic mass is 32.1. The average molecular weight is 425 g/mol. The zero-order valence-electron chi connectivity index (χ0n) is 17.2. The first-order chi connectivity index (χ1) is 14.5. The first-order valence-electron chi connectivity index (χ1n) is 9.61. The number of aryl methyl sites for hydroxylation is 1. The Kier molecular flexibility index (Phi) is 7.08. The fourth-order valence-corrected chi connectivity index (χ4v) is 4.05. The molecule has 1 heterocycles. The Morgan fingerprint density at radius 2 is 1.70 bits per heavy atom. The van der Waals surface area contributed by atoms with Crippen LogP contribution in [0.2, 0.25) is 0 Å². The average Bonchev–Trinajstić information content (AvgIpc) is 3.08. The number of rotatable bonds is 7. The van der Waals surface area contributed by atoms with Gasteiger partial charge in [0, 0.05) is 16.1 Å². The second-order valence-corrected chi connectivity index (χ2v) is 7.77. The van der Waals surface area contributed by atoms with Gasteiger partial charge < -0.3 is 14.8 Å². The Morgan fingerprint density at radius 3 is 2.33 bits per heavy atom. The number of nitrogens with one attached hydrogen (secondary N) is 2. The molecule has 0 radical (unpaired) electrons. The van der Waals surface area contributed by atoms with E-state index in [-0.39, 0.29) is 0 Å². The summed E-state index contributed by atoms with van der Waals surface area (Å²) in [6, 6.07) is 16.1. The molecule has 6 nitrogen and oxygen atoms in total. The maximum Gasteiger partial charge on any atom is 0.341 e. The molecule has 0 unspecified atom stereocenters. The maximum absolute atomic E-state index is 12.9. The fourth-order valence-electron chi connectivity index (χ4n) is 2.99. The number of hydrogen-bond donors (Lipinski definition) is 2. The fraction of sp³-hybridized carbons (Fsp3) is 0.217. The monoisotopic (exact) mass is 424 g/mol. The SMILES string of the molecule is CCCOC(=O)c1c(NC(=O)Nc2ccccc2)sc(C)c1-c1ccc(OC)cc1. The smallest absolute Gasteiger partial charge is 0.341 e. The summed E-state index contributed by atoms with van der Waals surface area (Å²) >= 11 is 1.34. The van der Waals surface area contributed by atoms with Gasteiger partial charge in [-0.15, -0.1) is 11.3 Å². The van der Waals surface area contributed by atoms with Crippen molar-refractivity contribution in [1.82, 2.24) is 0 Å². The van der Waals surface area contributed by atoms with Crippen molar-refractivity contribution in [3.05, 3.63) is 65.0 Å². The first-order valence-corrected chi connectivity index (χ1v) is 10.4. The van der Waals surface area contributed by atoms with Crippen molar-refractivity contribution in [3.8, 4) is 16.9 Å². The number of ether oxygens (including phenoxy) is 2. The van der Waals surface area contributed by atoms with Gasteiger partial charge >= 0.3 is 12.0 Å². The van der Waals surface area contributed by atoms with E-state index in [0.29, 0.717) is 29.3 Å². The lowest BCUT2D eigenvalue weighted by atomic mass is 10.0. The molecule has 1 aromatic heterocycles. The van der Waals surface area contributed by atoms with E-state index in [9.17, 15) is 9.59 Å². The van der Waals surface area contributed by atoms with Gasteiger partial charge in [-0.2, -0.15) is 0 Å². The van der Waals surface area contributed by atoms with Gasteiger partial charge in [0.25, 0.3) is 0 Å².